The van der Waals surface area contributed by atoms with E-state index in [-0.39, 0.29) is 18.1 Å². The number of carboxylic acids is 1. The zero-order chi connectivity index (χ0) is 15.4. The molecule has 9 heteroatoms. The topological polar surface area (TPSA) is 110 Å². The Labute approximate surface area is 124 Å². The molecule has 0 atom stereocenters. The number of hydrogen-bond acceptors (Lipinski definition) is 6. The Morgan fingerprint density at radius 2 is 2.24 bits per heavy atom. The Morgan fingerprint density at radius 3 is 2.81 bits per heavy atom. The van der Waals surface area contributed by atoms with Crippen molar-refractivity contribution in [2.45, 2.75) is 33.2 Å². The molecule has 2 heterocycles. The number of thiazole rings is 1. The third-order valence-corrected chi connectivity index (χ3v) is 3.56. The number of rotatable bonds is 6. The molecule has 0 aromatic carbocycles. The van der Waals surface area contributed by atoms with Gasteiger partial charge < -0.3 is 10.4 Å². The van der Waals surface area contributed by atoms with Gasteiger partial charge in [-0.3, -0.25) is 4.79 Å². The van der Waals surface area contributed by atoms with Crippen molar-refractivity contribution >= 4 is 28.3 Å². The van der Waals surface area contributed by atoms with Crippen molar-refractivity contribution in [3.05, 3.63) is 22.5 Å². The van der Waals surface area contributed by atoms with Crippen LogP contribution in [0.5, 0.6) is 0 Å². The smallest absolute Gasteiger partial charge is 0.358 e. The van der Waals surface area contributed by atoms with Crippen LogP contribution in [-0.2, 0) is 17.8 Å². The van der Waals surface area contributed by atoms with Crippen molar-refractivity contribution in [2.24, 2.45) is 0 Å². The van der Waals surface area contributed by atoms with Crippen LogP contribution in [-0.4, -0.2) is 37.0 Å². The molecule has 0 radical (unpaired) electrons. The van der Waals surface area contributed by atoms with Gasteiger partial charge in [0.1, 0.15) is 6.54 Å². The minimum absolute atomic E-state index is 0.0890. The molecule has 112 valence electrons. The van der Waals surface area contributed by atoms with Crippen LogP contribution in [0.2, 0.25) is 0 Å². The minimum atomic E-state index is -1.14. The highest BCUT2D eigenvalue weighted by Gasteiger charge is 2.19. The van der Waals surface area contributed by atoms with Gasteiger partial charge >= 0.3 is 5.97 Å². The van der Waals surface area contributed by atoms with Crippen LogP contribution in [0.15, 0.2) is 5.38 Å². The molecule has 0 fully saturated rings. The van der Waals surface area contributed by atoms with E-state index in [1.807, 2.05) is 19.2 Å². The first-order valence-electron chi connectivity index (χ1n) is 6.39. The predicted octanol–water partition coefficient (Wildman–Crippen LogP) is 1.33. The fourth-order valence-corrected chi connectivity index (χ4v) is 2.52. The zero-order valence-corrected chi connectivity index (χ0v) is 12.5. The third kappa shape index (κ3) is 3.63. The summed E-state index contributed by atoms with van der Waals surface area (Å²) < 4.78 is 1.32. The van der Waals surface area contributed by atoms with Crippen LogP contribution in [0.4, 0.5) is 5.13 Å². The number of anilines is 1. The zero-order valence-electron chi connectivity index (χ0n) is 11.7. The van der Waals surface area contributed by atoms with Crippen molar-refractivity contribution in [3.8, 4) is 0 Å². The molecular weight excluding hydrogens is 294 g/mol. The largest absolute Gasteiger partial charge is 0.476 e. The number of carbonyl (C=O) groups excluding carboxylic acids is 1. The lowest BCUT2D eigenvalue weighted by Gasteiger charge is -2.05. The Bertz CT molecular complexity index is 664. The van der Waals surface area contributed by atoms with Crippen LogP contribution >= 0.6 is 11.3 Å². The number of aryl methyl sites for hydroxylation is 1. The summed E-state index contributed by atoms with van der Waals surface area (Å²) >= 11 is 1.33. The third-order valence-electron chi connectivity index (χ3n) is 2.69. The van der Waals surface area contributed by atoms with E-state index in [9.17, 15) is 9.59 Å². The molecule has 0 unspecified atom stereocenters. The van der Waals surface area contributed by atoms with Crippen LogP contribution in [0.1, 0.15) is 35.2 Å². The molecule has 0 spiro atoms. The first-order valence-corrected chi connectivity index (χ1v) is 7.26. The van der Waals surface area contributed by atoms with Crippen molar-refractivity contribution in [3.63, 3.8) is 0 Å². The summed E-state index contributed by atoms with van der Waals surface area (Å²) in [6.07, 6.45) is 1.24. The Balaban J connectivity index is 2.11. The van der Waals surface area contributed by atoms with Gasteiger partial charge in [0.15, 0.2) is 10.8 Å². The van der Waals surface area contributed by atoms with Gasteiger partial charge in [0, 0.05) is 5.38 Å². The minimum Gasteiger partial charge on any atom is -0.476 e. The highest BCUT2D eigenvalue weighted by atomic mass is 32.1. The molecule has 0 aliphatic carbocycles. The van der Waals surface area contributed by atoms with Crippen LogP contribution < -0.4 is 5.32 Å². The maximum atomic E-state index is 11.9. The van der Waals surface area contributed by atoms with Gasteiger partial charge in [-0.2, -0.15) is 0 Å². The maximum absolute atomic E-state index is 11.9. The average molecular weight is 309 g/mol. The quantitative estimate of drug-likeness (QED) is 0.833. The molecule has 0 saturated carbocycles. The number of nitrogens with one attached hydrogen (secondary N) is 1. The lowest BCUT2D eigenvalue weighted by molar-refractivity contribution is -0.117. The Hall–Kier alpha value is -2.29. The molecule has 0 bridgehead atoms. The highest BCUT2D eigenvalue weighted by Crippen LogP contribution is 2.15. The molecule has 2 N–H and O–H groups in total. The van der Waals surface area contributed by atoms with Gasteiger partial charge in [-0.25, -0.2) is 14.5 Å². The van der Waals surface area contributed by atoms with Gasteiger partial charge in [0.05, 0.1) is 11.4 Å². The summed E-state index contributed by atoms with van der Waals surface area (Å²) in [5.41, 5.74) is 1.18. The SMILES string of the molecule is CCCc1c(C(=O)O)nnn1CC(=O)Nc1nc(C)cs1. The Morgan fingerprint density at radius 1 is 1.48 bits per heavy atom. The van der Waals surface area contributed by atoms with E-state index >= 15 is 0 Å². The molecule has 2 rings (SSSR count). The maximum Gasteiger partial charge on any atom is 0.358 e. The van der Waals surface area contributed by atoms with E-state index < -0.39 is 5.97 Å². The van der Waals surface area contributed by atoms with Gasteiger partial charge in [-0.1, -0.05) is 18.6 Å². The van der Waals surface area contributed by atoms with Gasteiger partial charge in [0.25, 0.3) is 0 Å². The normalized spacial score (nSPS) is 10.6. The summed E-state index contributed by atoms with van der Waals surface area (Å²) in [7, 11) is 0. The van der Waals surface area contributed by atoms with Crippen LogP contribution in [0.25, 0.3) is 0 Å². The second-order valence-corrected chi connectivity index (χ2v) is 5.30. The first kappa shape index (κ1) is 15.1. The average Bonchev–Trinajstić information content (AvgIpc) is 2.97. The number of nitrogens with zero attached hydrogens (tertiary/aromatic N) is 4. The fourth-order valence-electron chi connectivity index (χ4n) is 1.82. The number of aromatic carboxylic acids is 1. The standard InChI is InChI=1S/C12H15N5O3S/c1-3-4-8-10(11(19)20)15-16-17(8)5-9(18)14-12-13-7(2)6-21-12/h6H,3-5H2,1-2H3,(H,19,20)(H,13,14,18). The number of hydrogen-bond donors (Lipinski definition) is 2. The summed E-state index contributed by atoms with van der Waals surface area (Å²) in [6, 6.07) is 0. The molecule has 0 saturated heterocycles. The van der Waals surface area contributed by atoms with Crippen LogP contribution in [0, 0.1) is 6.92 Å². The van der Waals surface area contributed by atoms with E-state index in [1.165, 1.54) is 16.0 Å². The number of carbonyl (C=O) groups is 2. The lowest BCUT2D eigenvalue weighted by atomic mass is 10.2. The molecule has 0 aliphatic heterocycles. The second kappa shape index (κ2) is 6.44. The number of carboxylic acid groups (broad SMARTS) is 1. The van der Waals surface area contributed by atoms with E-state index in [4.69, 9.17) is 5.11 Å². The molecule has 8 nitrogen and oxygen atoms in total. The molecule has 2 aromatic rings. The van der Waals surface area contributed by atoms with E-state index in [2.05, 4.69) is 20.6 Å². The van der Waals surface area contributed by atoms with Crippen LogP contribution in [0.3, 0.4) is 0 Å². The number of amides is 1. The first-order chi connectivity index (χ1) is 10.0. The molecule has 2 aromatic heterocycles. The summed E-state index contributed by atoms with van der Waals surface area (Å²) in [5.74, 6) is -1.45. The summed E-state index contributed by atoms with van der Waals surface area (Å²) in [5, 5.41) is 21.4. The summed E-state index contributed by atoms with van der Waals surface area (Å²) in [4.78, 5) is 27.1. The monoisotopic (exact) mass is 309 g/mol. The van der Waals surface area contributed by atoms with E-state index in [1.54, 1.807) is 0 Å². The van der Waals surface area contributed by atoms with Gasteiger partial charge in [-0.15, -0.1) is 16.4 Å². The molecule has 0 aliphatic rings. The number of aromatic nitrogens is 4. The van der Waals surface area contributed by atoms with Crippen molar-refractivity contribution in [1.29, 1.82) is 0 Å². The van der Waals surface area contributed by atoms with Crippen molar-refractivity contribution in [1.82, 2.24) is 20.0 Å². The molecule has 1 amide bonds. The van der Waals surface area contributed by atoms with Crippen molar-refractivity contribution in [2.75, 3.05) is 5.32 Å². The molecule has 21 heavy (non-hydrogen) atoms. The highest BCUT2D eigenvalue weighted by molar-refractivity contribution is 7.13. The van der Waals surface area contributed by atoms with E-state index in [0.717, 1.165) is 12.1 Å². The second-order valence-electron chi connectivity index (χ2n) is 4.44. The summed E-state index contributed by atoms with van der Waals surface area (Å²) in [6.45, 7) is 3.66. The molecular formula is C12H15N5O3S. The van der Waals surface area contributed by atoms with E-state index in [0.29, 0.717) is 17.2 Å². The van der Waals surface area contributed by atoms with Gasteiger partial charge in [-0.05, 0) is 13.3 Å². The predicted molar refractivity (Wildman–Crippen MR) is 76.5 cm³/mol. The Kier molecular flexibility index (Phi) is 4.63. The van der Waals surface area contributed by atoms with Gasteiger partial charge in [0.2, 0.25) is 5.91 Å². The lowest BCUT2D eigenvalue weighted by Crippen LogP contribution is -2.21. The van der Waals surface area contributed by atoms with Crippen molar-refractivity contribution < 1.29 is 14.7 Å². The fraction of sp³-hybridized carbons (Fsp3) is 0.417.